The molecule has 1 aromatic heterocycles. The van der Waals surface area contributed by atoms with Gasteiger partial charge in [-0.05, 0) is 51.0 Å². The molecule has 6 nitrogen and oxygen atoms in total. The van der Waals surface area contributed by atoms with E-state index in [1.165, 1.54) is 25.7 Å². The van der Waals surface area contributed by atoms with Crippen molar-refractivity contribution >= 4 is 17.5 Å². The summed E-state index contributed by atoms with van der Waals surface area (Å²) in [6.45, 7) is 4.02. The average molecular weight is 313 g/mol. The molecule has 1 heterocycles. The fourth-order valence-electron chi connectivity index (χ4n) is 2.72. The van der Waals surface area contributed by atoms with Gasteiger partial charge in [-0.15, -0.1) is 5.10 Å². The highest BCUT2D eigenvalue weighted by molar-refractivity contribution is 5.55. The Balaban J connectivity index is 1.62. The zero-order chi connectivity index (χ0) is 16.1. The summed E-state index contributed by atoms with van der Waals surface area (Å²) in [7, 11) is 0. The van der Waals surface area contributed by atoms with Gasteiger partial charge in [0.2, 0.25) is 5.95 Å². The summed E-state index contributed by atoms with van der Waals surface area (Å²) >= 11 is 0. The Morgan fingerprint density at radius 3 is 2.57 bits per heavy atom. The summed E-state index contributed by atoms with van der Waals surface area (Å²) in [5, 5.41) is 14.6. The zero-order valence-electron chi connectivity index (χ0n) is 13.6. The number of hydrogen-bond donors (Lipinski definition) is 2. The van der Waals surface area contributed by atoms with E-state index in [4.69, 9.17) is 4.74 Å². The van der Waals surface area contributed by atoms with Crippen LogP contribution in [0.15, 0.2) is 30.5 Å². The molecule has 1 aliphatic rings. The van der Waals surface area contributed by atoms with Crippen LogP contribution in [0.4, 0.5) is 17.5 Å². The van der Waals surface area contributed by atoms with Gasteiger partial charge >= 0.3 is 0 Å². The Labute approximate surface area is 136 Å². The third kappa shape index (κ3) is 4.55. The number of benzene rings is 1. The van der Waals surface area contributed by atoms with E-state index in [1.54, 1.807) is 6.20 Å². The minimum Gasteiger partial charge on any atom is -0.491 e. The van der Waals surface area contributed by atoms with E-state index in [9.17, 15) is 0 Å². The van der Waals surface area contributed by atoms with Gasteiger partial charge in [0.25, 0.3) is 0 Å². The van der Waals surface area contributed by atoms with E-state index >= 15 is 0 Å². The molecule has 2 aromatic rings. The van der Waals surface area contributed by atoms with Crippen molar-refractivity contribution in [3.8, 4) is 5.75 Å². The van der Waals surface area contributed by atoms with Crippen LogP contribution in [0.5, 0.6) is 5.75 Å². The van der Waals surface area contributed by atoms with E-state index in [2.05, 4.69) is 25.8 Å². The largest absolute Gasteiger partial charge is 0.491 e. The highest BCUT2D eigenvalue weighted by Crippen LogP contribution is 2.22. The lowest BCUT2D eigenvalue weighted by molar-refractivity contribution is 0.242. The Kier molecular flexibility index (Phi) is 4.90. The van der Waals surface area contributed by atoms with Gasteiger partial charge in [-0.3, -0.25) is 0 Å². The topological polar surface area (TPSA) is 72.0 Å². The minimum atomic E-state index is 0.166. The van der Waals surface area contributed by atoms with Gasteiger partial charge in [0, 0.05) is 11.7 Å². The van der Waals surface area contributed by atoms with Gasteiger partial charge in [-0.1, -0.05) is 12.8 Å². The second-order valence-electron chi connectivity index (χ2n) is 6.11. The molecule has 0 unspecified atom stereocenters. The Hall–Kier alpha value is -2.37. The molecule has 0 atom stereocenters. The molecule has 6 heteroatoms. The number of rotatable bonds is 6. The van der Waals surface area contributed by atoms with Gasteiger partial charge in [0.05, 0.1) is 12.3 Å². The Bertz CT molecular complexity index is 623. The van der Waals surface area contributed by atoms with Crippen molar-refractivity contribution in [1.82, 2.24) is 15.2 Å². The third-order valence-electron chi connectivity index (χ3n) is 3.75. The van der Waals surface area contributed by atoms with Crippen LogP contribution in [0.3, 0.4) is 0 Å². The number of hydrogen-bond acceptors (Lipinski definition) is 6. The van der Waals surface area contributed by atoms with Gasteiger partial charge < -0.3 is 15.4 Å². The molecule has 0 aliphatic heterocycles. The van der Waals surface area contributed by atoms with Crippen LogP contribution in [0.25, 0.3) is 0 Å². The molecular weight excluding hydrogens is 290 g/mol. The van der Waals surface area contributed by atoms with E-state index in [1.807, 2.05) is 38.1 Å². The third-order valence-corrected chi connectivity index (χ3v) is 3.75. The fourth-order valence-corrected chi connectivity index (χ4v) is 2.72. The van der Waals surface area contributed by atoms with Crippen molar-refractivity contribution in [2.24, 2.45) is 0 Å². The van der Waals surface area contributed by atoms with Crippen molar-refractivity contribution in [3.63, 3.8) is 0 Å². The Morgan fingerprint density at radius 2 is 1.87 bits per heavy atom. The molecular formula is C17H23N5O. The molecule has 1 aromatic carbocycles. The van der Waals surface area contributed by atoms with Crippen LogP contribution in [0.1, 0.15) is 39.5 Å². The van der Waals surface area contributed by atoms with Crippen LogP contribution in [-0.4, -0.2) is 27.3 Å². The number of nitrogens with zero attached hydrogens (tertiary/aromatic N) is 3. The van der Waals surface area contributed by atoms with Crippen LogP contribution in [-0.2, 0) is 0 Å². The standard InChI is InChI=1S/C17H23N5O/c1-12(2)23-15-9-7-14(8-10-15)20-17-21-16(11-18-22-17)19-13-5-3-4-6-13/h7-13H,3-6H2,1-2H3,(H2,19,20,21,22). The molecule has 0 radical (unpaired) electrons. The maximum atomic E-state index is 5.63. The van der Waals surface area contributed by atoms with Crippen LogP contribution >= 0.6 is 0 Å². The van der Waals surface area contributed by atoms with E-state index in [0.29, 0.717) is 12.0 Å². The van der Waals surface area contributed by atoms with Gasteiger partial charge in [-0.25, -0.2) is 0 Å². The van der Waals surface area contributed by atoms with E-state index < -0.39 is 0 Å². The van der Waals surface area contributed by atoms with Gasteiger partial charge in [0.15, 0.2) is 5.82 Å². The first-order valence-electron chi connectivity index (χ1n) is 8.19. The molecule has 0 amide bonds. The monoisotopic (exact) mass is 313 g/mol. The number of anilines is 3. The second kappa shape index (κ2) is 7.26. The average Bonchev–Trinajstić information content (AvgIpc) is 3.02. The van der Waals surface area contributed by atoms with Crippen molar-refractivity contribution in [3.05, 3.63) is 30.5 Å². The summed E-state index contributed by atoms with van der Waals surface area (Å²) in [5.74, 6) is 2.11. The fraction of sp³-hybridized carbons (Fsp3) is 0.471. The molecule has 0 bridgehead atoms. The molecule has 1 aliphatic carbocycles. The Morgan fingerprint density at radius 1 is 1.13 bits per heavy atom. The van der Waals surface area contributed by atoms with Crippen molar-refractivity contribution < 1.29 is 4.74 Å². The summed E-state index contributed by atoms with van der Waals surface area (Å²) < 4.78 is 5.63. The summed E-state index contributed by atoms with van der Waals surface area (Å²) in [6.07, 6.45) is 6.80. The lowest BCUT2D eigenvalue weighted by Gasteiger charge is -2.13. The molecule has 1 fully saturated rings. The molecule has 0 saturated heterocycles. The van der Waals surface area contributed by atoms with Gasteiger partial charge in [0.1, 0.15) is 5.75 Å². The molecule has 0 spiro atoms. The maximum absolute atomic E-state index is 5.63. The second-order valence-corrected chi connectivity index (χ2v) is 6.11. The summed E-state index contributed by atoms with van der Waals surface area (Å²) in [6, 6.07) is 8.25. The number of nitrogens with one attached hydrogen (secondary N) is 2. The molecule has 23 heavy (non-hydrogen) atoms. The van der Waals surface area contributed by atoms with Crippen molar-refractivity contribution in [1.29, 1.82) is 0 Å². The smallest absolute Gasteiger partial charge is 0.249 e. The van der Waals surface area contributed by atoms with Crippen molar-refractivity contribution in [2.75, 3.05) is 10.6 Å². The molecule has 122 valence electrons. The first-order valence-corrected chi connectivity index (χ1v) is 8.19. The van der Waals surface area contributed by atoms with E-state index in [0.717, 1.165) is 17.3 Å². The SMILES string of the molecule is CC(C)Oc1ccc(Nc2nncc(NC3CCCC3)n2)cc1. The highest BCUT2D eigenvalue weighted by Gasteiger charge is 2.15. The molecule has 2 N–H and O–H groups in total. The lowest BCUT2D eigenvalue weighted by Crippen LogP contribution is -2.16. The first kappa shape index (κ1) is 15.5. The summed E-state index contributed by atoms with van der Waals surface area (Å²) in [4.78, 5) is 4.48. The number of ether oxygens (including phenoxy) is 1. The van der Waals surface area contributed by atoms with Crippen molar-refractivity contribution in [2.45, 2.75) is 51.7 Å². The number of aromatic nitrogens is 3. The normalized spacial score (nSPS) is 14.9. The predicted molar refractivity (Wildman–Crippen MR) is 91.2 cm³/mol. The van der Waals surface area contributed by atoms with Crippen LogP contribution in [0.2, 0.25) is 0 Å². The lowest BCUT2D eigenvalue weighted by atomic mass is 10.2. The molecule has 3 rings (SSSR count). The molecule has 1 saturated carbocycles. The van der Waals surface area contributed by atoms with Crippen LogP contribution in [0, 0.1) is 0 Å². The van der Waals surface area contributed by atoms with Crippen LogP contribution < -0.4 is 15.4 Å². The zero-order valence-corrected chi connectivity index (χ0v) is 13.6. The maximum Gasteiger partial charge on any atom is 0.249 e. The first-order chi connectivity index (χ1) is 11.2. The summed E-state index contributed by atoms with van der Waals surface area (Å²) in [5.41, 5.74) is 0.904. The highest BCUT2D eigenvalue weighted by atomic mass is 16.5. The predicted octanol–water partition coefficient (Wildman–Crippen LogP) is 3.76. The van der Waals surface area contributed by atoms with Gasteiger partial charge in [-0.2, -0.15) is 10.1 Å². The quantitative estimate of drug-likeness (QED) is 0.846. The van der Waals surface area contributed by atoms with E-state index in [-0.39, 0.29) is 6.10 Å². The minimum absolute atomic E-state index is 0.166.